The molecule has 0 saturated carbocycles. The van der Waals surface area contributed by atoms with E-state index in [1.54, 1.807) is 4.52 Å². The number of benzene rings is 3. The summed E-state index contributed by atoms with van der Waals surface area (Å²) in [4.78, 5) is 0.711. The maximum absolute atomic E-state index is 5.97. The minimum Gasteiger partial charge on any atom is -0.486 e. The van der Waals surface area contributed by atoms with Gasteiger partial charge in [0.05, 0.1) is 5.69 Å². The van der Waals surface area contributed by atoms with Crippen LogP contribution in [0.5, 0.6) is 5.75 Å². The molecule has 0 radical (unpaired) electrons. The summed E-state index contributed by atoms with van der Waals surface area (Å²) in [6, 6.07) is 26.2. The van der Waals surface area contributed by atoms with Crippen molar-refractivity contribution in [3.63, 3.8) is 0 Å². The fraction of sp³-hybridized carbons (Fsp3) is 0.0435. The van der Waals surface area contributed by atoms with Crippen molar-refractivity contribution in [1.82, 2.24) is 30.0 Å². The molecule has 0 saturated heterocycles. The summed E-state index contributed by atoms with van der Waals surface area (Å²) in [5.74, 6) is 1.43. The highest BCUT2D eigenvalue weighted by Crippen LogP contribution is 2.26. The van der Waals surface area contributed by atoms with E-state index in [0.717, 1.165) is 33.1 Å². The van der Waals surface area contributed by atoms with Gasteiger partial charge in [-0.05, 0) is 29.0 Å². The summed E-state index contributed by atoms with van der Waals surface area (Å²) in [6.45, 7) is 0.365. The SMILES string of the molecule is c1ccc(-c2cc(-c3nnc4sc(COc5ccc6ccccc6c5)nn34)[nH]n2)cc1. The third-order valence-corrected chi connectivity index (χ3v) is 5.88. The average molecular weight is 424 g/mol. The van der Waals surface area contributed by atoms with Gasteiger partial charge in [-0.1, -0.05) is 72.0 Å². The van der Waals surface area contributed by atoms with E-state index in [1.165, 1.54) is 16.7 Å². The Balaban J connectivity index is 1.25. The predicted molar refractivity (Wildman–Crippen MR) is 120 cm³/mol. The third-order valence-electron chi connectivity index (χ3n) is 5.00. The number of aromatic nitrogens is 6. The molecule has 0 amide bonds. The lowest BCUT2D eigenvalue weighted by Crippen LogP contribution is -1.97. The molecular formula is C23H16N6OS. The monoisotopic (exact) mass is 424 g/mol. The molecule has 0 bridgehead atoms. The van der Waals surface area contributed by atoms with Crippen LogP contribution < -0.4 is 4.74 Å². The van der Waals surface area contributed by atoms with Crippen LogP contribution in [0.25, 0.3) is 38.5 Å². The van der Waals surface area contributed by atoms with E-state index in [4.69, 9.17) is 4.74 Å². The Morgan fingerprint density at radius 3 is 2.61 bits per heavy atom. The van der Waals surface area contributed by atoms with Gasteiger partial charge in [0, 0.05) is 5.56 Å². The quantitative estimate of drug-likeness (QED) is 0.422. The molecule has 3 heterocycles. The van der Waals surface area contributed by atoms with Crippen molar-refractivity contribution in [3.05, 3.63) is 83.9 Å². The molecular weight excluding hydrogens is 408 g/mol. The number of fused-ring (bicyclic) bond motifs is 2. The van der Waals surface area contributed by atoms with E-state index >= 15 is 0 Å². The highest BCUT2D eigenvalue weighted by molar-refractivity contribution is 7.16. The van der Waals surface area contributed by atoms with E-state index < -0.39 is 0 Å². The molecule has 6 rings (SSSR count). The standard InChI is InChI=1S/C23H16N6OS/c1-2-7-16(8-3-1)19-13-20(25-24-19)22-26-27-23-29(22)28-21(31-23)14-30-18-11-10-15-6-4-5-9-17(15)12-18/h1-13H,14H2,(H,24,25). The Labute approximate surface area is 181 Å². The van der Waals surface area contributed by atoms with Gasteiger partial charge in [0.15, 0.2) is 5.01 Å². The Bertz CT molecular complexity index is 1500. The summed E-state index contributed by atoms with van der Waals surface area (Å²) in [7, 11) is 0. The van der Waals surface area contributed by atoms with Crippen LogP contribution in [0.4, 0.5) is 0 Å². The van der Waals surface area contributed by atoms with Gasteiger partial charge in [-0.2, -0.15) is 14.7 Å². The second-order valence-corrected chi connectivity index (χ2v) is 8.08. The fourth-order valence-electron chi connectivity index (χ4n) is 3.48. The number of nitrogens with one attached hydrogen (secondary N) is 1. The van der Waals surface area contributed by atoms with Crippen molar-refractivity contribution < 1.29 is 4.74 Å². The van der Waals surface area contributed by atoms with E-state index in [0.29, 0.717) is 17.4 Å². The highest BCUT2D eigenvalue weighted by Gasteiger charge is 2.16. The molecule has 6 aromatic rings. The van der Waals surface area contributed by atoms with E-state index in [9.17, 15) is 0 Å². The van der Waals surface area contributed by atoms with Crippen molar-refractivity contribution in [3.8, 4) is 28.5 Å². The fourth-order valence-corrected chi connectivity index (χ4v) is 4.22. The minimum absolute atomic E-state index is 0.365. The second-order valence-electron chi connectivity index (χ2n) is 7.04. The Kier molecular flexibility index (Phi) is 4.21. The summed E-state index contributed by atoms with van der Waals surface area (Å²) in [6.07, 6.45) is 0. The first-order chi connectivity index (χ1) is 15.3. The Hall–Kier alpha value is -4.04. The van der Waals surface area contributed by atoms with Gasteiger partial charge in [0.25, 0.3) is 0 Å². The minimum atomic E-state index is 0.365. The van der Waals surface area contributed by atoms with Crippen LogP contribution in [0.15, 0.2) is 78.9 Å². The average Bonchev–Trinajstić information content (AvgIpc) is 3.54. The molecule has 31 heavy (non-hydrogen) atoms. The molecule has 0 fully saturated rings. The maximum Gasteiger partial charge on any atom is 0.235 e. The lowest BCUT2D eigenvalue weighted by molar-refractivity contribution is 0.304. The first kappa shape index (κ1) is 17.8. The summed E-state index contributed by atoms with van der Waals surface area (Å²) >= 11 is 1.46. The van der Waals surface area contributed by atoms with Gasteiger partial charge < -0.3 is 4.74 Å². The lowest BCUT2D eigenvalue weighted by Gasteiger charge is -2.05. The molecule has 0 atom stereocenters. The van der Waals surface area contributed by atoms with Gasteiger partial charge in [-0.25, -0.2) is 0 Å². The smallest absolute Gasteiger partial charge is 0.235 e. The number of aromatic amines is 1. The van der Waals surface area contributed by atoms with Gasteiger partial charge in [-0.3, -0.25) is 5.10 Å². The normalized spacial score (nSPS) is 11.4. The number of hydrogen-bond acceptors (Lipinski definition) is 6. The van der Waals surface area contributed by atoms with E-state index in [-0.39, 0.29) is 0 Å². The van der Waals surface area contributed by atoms with Gasteiger partial charge in [-0.15, -0.1) is 10.2 Å². The van der Waals surface area contributed by atoms with Gasteiger partial charge in [0.1, 0.15) is 18.1 Å². The first-order valence-electron chi connectivity index (χ1n) is 9.77. The predicted octanol–water partition coefficient (Wildman–Crippen LogP) is 4.98. The van der Waals surface area contributed by atoms with Crippen LogP contribution in [0, 0.1) is 0 Å². The van der Waals surface area contributed by atoms with Crippen molar-refractivity contribution in [1.29, 1.82) is 0 Å². The maximum atomic E-state index is 5.97. The Morgan fingerprint density at radius 1 is 0.871 bits per heavy atom. The molecule has 3 aromatic carbocycles. The first-order valence-corrected chi connectivity index (χ1v) is 10.6. The molecule has 0 aliphatic rings. The van der Waals surface area contributed by atoms with Crippen molar-refractivity contribution in [2.24, 2.45) is 0 Å². The number of nitrogens with zero attached hydrogens (tertiary/aromatic N) is 5. The molecule has 0 aliphatic heterocycles. The molecule has 0 spiro atoms. The van der Waals surface area contributed by atoms with Crippen LogP contribution in [-0.4, -0.2) is 30.0 Å². The number of H-pyrrole nitrogens is 1. The van der Waals surface area contributed by atoms with Crippen molar-refractivity contribution >= 4 is 27.1 Å². The van der Waals surface area contributed by atoms with Crippen LogP contribution >= 0.6 is 11.3 Å². The molecule has 8 heteroatoms. The number of ether oxygens (including phenoxy) is 1. The zero-order chi connectivity index (χ0) is 20.6. The molecule has 150 valence electrons. The van der Waals surface area contributed by atoms with Gasteiger partial charge in [0.2, 0.25) is 10.8 Å². The van der Waals surface area contributed by atoms with Crippen molar-refractivity contribution in [2.75, 3.05) is 0 Å². The molecule has 7 nitrogen and oxygen atoms in total. The van der Waals surface area contributed by atoms with Crippen LogP contribution in [0.3, 0.4) is 0 Å². The Morgan fingerprint density at radius 2 is 1.71 bits per heavy atom. The lowest BCUT2D eigenvalue weighted by atomic mass is 10.1. The zero-order valence-corrected chi connectivity index (χ0v) is 17.1. The van der Waals surface area contributed by atoms with Gasteiger partial charge >= 0.3 is 0 Å². The molecule has 0 unspecified atom stereocenters. The number of rotatable bonds is 5. The largest absolute Gasteiger partial charge is 0.486 e. The topological polar surface area (TPSA) is 81.0 Å². The molecule has 3 aromatic heterocycles. The number of hydrogen-bond donors (Lipinski definition) is 1. The summed E-state index contributed by atoms with van der Waals surface area (Å²) in [5, 5.41) is 23.8. The highest BCUT2D eigenvalue weighted by atomic mass is 32.1. The molecule has 1 N–H and O–H groups in total. The summed E-state index contributed by atoms with van der Waals surface area (Å²) in [5.41, 5.74) is 2.65. The summed E-state index contributed by atoms with van der Waals surface area (Å²) < 4.78 is 7.70. The zero-order valence-electron chi connectivity index (χ0n) is 16.3. The van der Waals surface area contributed by atoms with Crippen LogP contribution in [0.1, 0.15) is 5.01 Å². The van der Waals surface area contributed by atoms with E-state index in [1.807, 2.05) is 60.7 Å². The van der Waals surface area contributed by atoms with Crippen LogP contribution in [-0.2, 0) is 6.61 Å². The van der Waals surface area contributed by atoms with Crippen LogP contribution in [0.2, 0.25) is 0 Å². The third kappa shape index (κ3) is 3.32. The van der Waals surface area contributed by atoms with E-state index in [2.05, 4.69) is 43.7 Å². The molecule has 0 aliphatic carbocycles. The van der Waals surface area contributed by atoms with Crippen molar-refractivity contribution in [2.45, 2.75) is 6.61 Å². The second kappa shape index (κ2) is 7.33.